The van der Waals surface area contributed by atoms with E-state index in [1.54, 1.807) is 0 Å². The quantitative estimate of drug-likeness (QED) is 0.186. The van der Waals surface area contributed by atoms with Crippen molar-refractivity contribution in [2.75, 3.05) is 10.6 Å². The van der Waals surface area contributed by atoms with Gasteiger partial charge in [-0.2, -0.15) is 5.26 Å². The van der Waals surface area contributed by atoms with Crippen LogP contribution in [0.3, 0.4) is 0 Å². The van der Waals surface area contributed by atoms with Crippen LogP contribution >= 0.6 is 0 Å². The maximum absolute atomic E-state index is 10.5. The first kappa shape index (κ1) is 29.8. The Kier molecular flexibility index (Phi) is 6.83. The fourth-order valence-corrected chi connectivity index (χ4v) is 8.45. The Balaban J connectivity index is 1.47. The van der Waals surface area contributed by atoms with Crippen LogP contribution in [0, 0.1) is 11.3 Å². The molecule has 234 valence electrons. The van der Waals surface area contributed by atoms with Gasteiger partial charge in [0.05, 0.1) is 23.0 Å². The average Bonchev–Trinajstić information content (AvgIpc) is 3.12. The molecular formula is C45H39N3. The van der Waals surface area contributed by atoms with Gasteiger partial charge in [-0.15, -0.1) is 0 Å². The summed E-state index contributed by atoms with van der Waals surface area (Å²) in [6.45, 7) is 9.30. The first-order valence-electron chi connectivity index (χ1n) is 16.8. The highest BCUT2D eigenvalue weighted by Crippen LogP contribution is 2.54. The van der Waals surface area contributed by atoms with E-state index in [0.29, 0.717) is 17.7 Å². The maximum Gasteiger partial charge on any atom is 0.0995 e. The van der Waals surface area contributed by atoms with Crippen molar-refractivity contribution in [2.45, 2.75) is 51.4 Å². The van der Waals surface area contributed by atoms with E-state index in [1.807, 2.05) is 6.07 Å². The summed E-state index contributed by atoms with van der Waals surface area (Å²) in [5, 5.41) is 10.5. The van der Waals surface area contributed by atoms with Crippen molar-refractivity contribution in [2.24, 2.45) is 0 Å². The molecular weight excluding hydrogens is 583 g/mol. The van der Waals surface area contributed by atoms with Gasteiger partial charge in [-0.25, -0.2) is 0 Å². The van der Waals surface area contributed by atoms with E-state index in [-0.39, 0.29) is 10.8 Å². The second kappa shape index (κ2) is 11.0. The molecule has 3 nitrogen and oxygen atoms in total. The Labute approximate surface area is 283 Å². The van der Waals surface area contributed by atoms with Crippen LogP contribution in [-0.4, -0.2) is 0 Å². The molecule has 0 unspecified atom stereocenters. The Morgan fingerprint density at radius 2 is 0.979 bits per heavy atom. The van der Waals surface area contributed by atoms with Gasteiger partial charge in [0.2, 0.25) is 0 Å². The Morgan fingerprint density at radius 1 is 0.521 bits per heavy atom. The molecule has 0 saturated heterocycles. The SMILES string of the molecule is CC1(C)c2ccccc2-c2cc(N)cc(C#N)c2CCc2c(cccc2N2c3ccccc3C(C)(C)c3ccccc32)-c2ccccc21. The largest absolute Gasteiger partial charge is 0.399 e. The first-order chi connectivity index (χ1) is 23.2. The minimum atomic E-state index is -0.353. The molecule has 8 rings (SSSR count). The molecule has 1 aliphatic heterocycles. The molecule has 0 aromatic heterocycles. The van der Waals surface area contributed by atoms with E-state index in [1.165, 1.54) is 56.0 Å². The number of hydrogen-bond acceptors (Lipinski definition) is 3. The predicted octanol–water partition coefficient (Wildman–Crippen LogP) is 11.0. The number of nitrogens with two attached hydrogens (primary N) is 1. The first-order valence-corrected chi connectivity index (χ1v) is 16.8. The second-order valence-electron chi connectivity index (χ2n) is 14.2. The van der Waals surface area contributed by atoms with Gasteiger partial charge in [-0.1, -0.05) is 125 Å². The van der Waals surface area contributed by atoms with Crippen molar-refractivity contribution in [3.8, 4) is 28.3 Å². The molecule has 0 saturated carbocycles. The van der Waals surface area contributed by atoms with Crippen molar-refractivity contribution in [1.82, 2.24) is 0 Å². The average molecular weight is 622 g/mol. The molecule has 6 aromatic rings. The number of rotatable bonds is 1. The lowest BCUT2D eigenvalue weighted by Gasteiger charge is -2.42. The van der Waals surface area contributed by atoms with Crippen molar-refractivity contribution >= 4 is 22.7 Å². The molecule has 6 aromatic carbocycles. The summed E-state index contributed by atoms with van der Waals surface area (Å²) in [6.07, 6.45) is 1.44. The van der Waals surface area contributed by atoms with Gasteiger partial charge in [0.1, 0.15) is 0 Å². The van der Waals surface area contributed by atoms with E-state index in [2.05, 4.69) is 160 Å². The summed E-state index contributed by atoms with van der Waals surface area (Å²) in [6, 6.07) is 48.4. The van der Waals surface area contributed by atoms with E-state index in [0.717, 1.165) is 23.1 Å². The normalized spacial score (nSPS) is 15.3. The Hall–Kier alpha value is -5.59. The summed E-state index contributed by atoms with van der Waals surface area (Å²) < 4.78 is 0. The Morgan fingerprint density at radius 3 is 1.58 bits per heavy atom. The monoisotopic (exact) mass is 621 g/mol. The number of fused-ring (bicyclic) bond motifs is 8. The number of hydrogen-bond donors (Lipinski definition) is 1. The van der Waals surface area contributed by atoms with Crippen molar-refractivity contribution in [3.05, 3.63) is 166 Å². The second-order valence-corrected chi connectivity index (χ2v) is 14.2. The molecule has 0 atom stereocenters. The van der Waals surface area contributed by atoms with Gasteiger partial charge in [-0.05, 0) is 98.8 Å². The lowest BCUT2D eigenvalue weighted by molar-refractivity contribution is 0.631. The molecule has 1 aliphatic carbocycles. The zero-order chi connectivity index (χ0) is 33.2. The number of para-hydroxylation sites is 2. The van der Waals surface area contributed by atoms with Gasteiger partial charge in [0.15, 0.2) is 0 Å². The van der Waals surface area contributed by atoms with Gasteiger partial charge in [-0.3, -0.25) is 0 Å². The van der Waals surface area contributed by atoms with Gasteiger partial charge >= 0.3 is 0 Å². The van der Waals surface area contributed by atoms with Crippen LogP contribution in [0.15, 0.2) is 127 Å². The molecule has 2 aliphatic rings. The van der Waals surface area contributed by atoms with Crippen LogP contribution in [0.25, 0.3) is 22.3 Å². The number of anilines is 4. The third-order valence-electron chi connectivity index (χ3n) is 10.8. The van der Waals surface area contributed by atoms with E-state index >= 15 is 0 Å². The highest BCUT2D eigenvalue weighted by atomic mass is 15.2. The van der Waals surface area contributed by atoms with Crippen LogP contribution < -0.4 is 10.6 Å². The van der Waals surface area contributed by atoms with Crippen LogP contribution in [0.2, 0.25) is 0 Å². The standard InChI is InChI=1S/C45H39N3/c1-44(2)37-17-7-5-14-33(37)32-16-13-23-41(48-42-21-11-9-19-39(42)45(3,4)40-20-10-12-22-43(40)48)35(32)25-24-31-29(28-46)26-30(47)27-36(31)34-15-6-8-18-38(34)44/h5-23,26-27H,24-25,47H2,1-4H3. The van der Waals surface area contributed by atoms with E-state index in [9.17, 15) is 5.26 Å². The lowest BCUT2D eigenvalue weighted by atomic mass is 9.72. The third-order valence-corrected chi connectivity index (χ3v) is 10.8. The number of benzene rings is 6. The summed E-state index contributed by atoms with van der Waals surface area (Å²) in [5.41, 5.74) is 22.9. The molecule has 3 heteroatoms. The molecule has 2 N–H and O–H groups in total. The number of nitriles is 1. The van der Waals surface area contributed by atoms with Crippen molar-refractivity contribution in [3.63, 3.8) is 0 Å². The van der Waals surface area contributed by atoms with Crippen LogP contribution in [0.4, 0.5) is 22.7 Å². The third kappa shape index (κ3) is 4.40. The zero-order valence-electron chi connectivity index (χ0n) is 28.0. The molecule has 0 spiro atoms. The minimum absolute atomic E-state index is 0.150. The summed E-state index contributed by atoms with van der Waals surface area (Å²) in [5.74, 6) is 0. The van der Waals surface area contributed by atoms with Crippen LogP contribution in [-0.2, 0) is 23.7 Å². The number of nitrogens with zero attached hydrogens (tertiary/aromatic N) is 2. The molecule has 0 amide bonds. The summed E-state index contributed by atoms with van der Waals surface area (Å²) in [7, 11) is 0. The fourth-order valence-electron chi connectivity index (χ4n) is 8.45. The van der Waals surface area contributed by atoms with Crippen LogP contribution in [0.5, 0.6) is 0 Å². The predicted molar refractivity (Wildman–Crippen MR) is 199 cm³/mol. The van der Waals surface area contributed by atoms with E-state index in [4.69, 9.17) is 5.73 Å². The highest BCUT2D eigenvalue weighted by molar-refractivity contribution is 5.90. The minimum Gasteiger partial charge on any atom is -0.399 e. The fraction of sp³-hybridized carbons (Fsp3) is 0.178. The lowest BCUT2D eigenvalue weighted by Crippen LogP contribution is -2.31. The van der Waals surface area contributed by atoms with E-state index < -0.39 is 0 Å². The number of nitrogen functional groups attached to an aromatic ring is 1. The maximum atomic E-state index is 10.5. The molecule has 0 radical (unpaired) electrons. The Bertz CT molecular complexity index is 2230. The van der Waals surface area contributed by atoms with Crippen molar-refractivity contribution in [1.29, 1.82) is 5.26 Å². The van der Waals surface area contributed by atoms with Gasteiger partial charge < -0.3 is 10.6 Å². The molecule has 0 bridgehead atoms. The smallest absolute Gasteiger partial charge is 0.0995 e. The molecule has 48 heavy (non-hydrogen) atoms. The van der Waals surface area contributed by atoms with Gasteiger partial charge in [0.25, 0.3) is 0 Å². The molecule has 0 fully saturated rings. The van der Waals surface area contributed by atoms with Crippen molar-refractivity contribution < 1.29 is 0 Å². The summed E-state index contributed by atoms with van der Waals surface area (Å²) in [4.78, 5) is 2.48. The van der Waals surface area contributed by atoms with Gasteiger partial charge in [0, 0.05) is 22.2 Å². The summed E-state index contributed by atoms with van der Waals surface area (Å²) >= 11 is 0. The van der Waals surface area contributed by atoms with Crippen LogP contribution in [0.1, 0.15) is 66.6 Å². The zero-order valence-corrected chi connectivity index (χ0v) is 28.0. The highest BCUT2D eigenvalue weighted by Gasteiger charge is 2.38. The topological polar surface area (TPSA) is 53.1 Å². The molecule has 1 heterocycles.